The Bertz CT molecular complexity index is 844. The van der Waals surface area contributed by atoms with E-state index in [1.165, 1.54) is 55.3 Å². The van der Waals surface area contributed by atoms with Crippen LogP contribution in [-0.4, -0.2) is 26.1 Å². The lowest BCUT2D eigenvalue weighted by molar-refractivity contribution is 0.208. The first-order chi connectivity index (χ1) is 17.9. The number of hydrogen-bond acceptors (Lipinski definition) is 2. The third kappa shape index (κ3) is 10.8. The van der Waals surface area contributed by atoms with Crippen molar-refractivity contribution < 1.29 is 9.53 Å². The first-order valence-electron chi connectivity index (χ1n) is 14.7. The van der Waals surface area contributed by atoms with Crippen LogP contribution in [-0.2, 0) is 4.43 Å². The molecule has 1 atom stereocenters. The molecule has 0 unspecified atom stereocenters. The van der Waals surface area contributed by atoms with Crippen molar-refractivity contribution in [2.45, 2.75) is 109 Å². The van der Waals surface area contributed by atoms with Gasteiger partial charge in [-0.2, -0.15) is 0 Å². The van der Waals surface area contributed by atoms with E-state index in [1.807, 2.05) is 12.2 Å². The average molecular weight is 521 g/mol. The number of aliphatic hydroxyl groups is 1. The van der Waals surface area contributed by atoms with Gasteiger partial charge in [0.1, 0.15) is 0 Å². The van der Waals surface area contributed by atoms with Crippen molar-refractivity contribution in [2.75, 3.05) is 6.61 Å². The number of benzene rings is 2. The zero-order valence-electron chi connectivity index (χ0n) is 24.0. The standard InChI is InChI=1S/C34H52O2Si/c1-5-6-7-8-9-12-17-24-31(35)25-18-13-10-11-14-23-30-36-37(34(2,3)4,32-26-19-15-20-27-32)33-28-21-16-22-29-33/h9,12,15-17,19-22,24,26-29,31,35H,5-8,10-11,13-14,18,23,25,30H2,1-4H3/b12-9+,24-17+/t31-/m1/s1. The van der Waals surface area contributed by atoms with E-state index in [0.717, 1.165) is 32.3 Å². The second-order valence-corrected chi connectivity index (χ2v) is 15.6. The van der Waals surface area contributed by atoms with Crippen LogP contribution in [0.2, 0.25) is 5.04 Å². The second kappa shape index (κ2) is 17.5. The molecule has 2 aromatic carbocycles. The molecule has 0 amide bonds. The second-order valence-electron chi connectivity index (χ2n) is 11.3. The highest BCUT2D eigenvalue weighted by atomic mass is 28.4. The summed E-state index contributed by atoms with van der Waals surface area (Å²) in [5.41, 5.74) is 0. The van der Waals surface area contributed by atoms with Gasteiger partial charge in [-0.15, -0.1) is 0 Å². The van der Waals surface area contributed by atoms with Gasteiger partial charge in [-0.3, -0.25) is 0 Å². The fourth-order valence-electron chi connectivity index (χ4n) is 5.13. The van der Waals surface area contributed by atoms with Crippen molar-refractivity contribution in [3.8, 4) is 0 Å². The minimum Gasteiger partial charge on any atom is -0.407 e. The molecule has 1 N–H and O–H groups in total. The summed E-state index contributed by atoms with van der Waals surface area (Å²) in [7, 11) is -2.40. The van der Waals surface area contributed by atoms with Gasteiger partial charge < -0.3 is 9.53 Å². The Morgan fingerprint density at radius 3 is 1.89 bits per heavy atom. The molecule has 0 aromatic heterocycles. The molecule has 0 aliphatic rings. The van der Waals surface area contributed by atoms with Crippen LogP contribution in [0.4, 0.5) is 0 Å². The van der Waals surface area contributed by atoms with Crippen LogP contribution < -0.4 is 10.4 Å². The van der Waals surface area contributed by atoms with Crippen LogP contribution in [0.25, 0.3) is 0 Å². The molecule has 0 bridgehead atoms. The largest absolute Gasteiger partial charge is 0.407 e. The molecule has 0 aliphatic carbocycles. The van der Waals surface area contributed by atoms with E-state index in [9.17, 15) is 5.11 Å². The molecule has 3 heteroatoms. The van der Waals surface area contributed by atoms with Crippen LogP contribution in [0.3, 0.4) is 0 Å². The van der Waals surface area contributed by atoms with Gasteiger partial charge in [0.25, 0.3) is 8.32 Å². The fourth-order valence-corrected chi connectivity index (χ4v) is 9.73. The van der Waals surface area contributed by atoms with Gasteiger partial charge in [0.15, 0.2) is 0 Å². The molecule has 37 heavy (non-hydrogen) atoms. The maximum Gasteiger partial charge on any atom is 0.261 e. The summed E-state index contributed by atoms with van der Waals surface area (Å²) in [5, 5.41) is 12.9. The minimum absolute atomic E-state index is 0.0375. The summed E-state index contributed by atoms with van der Waals surface area (Å²) in [6.07, 6.45) is 20.7. The Morgan fingerprint density at radius 2 is 1.32 bits per heavy atom. The molecule has 0 saturated heterocycles. The predicted octanol–water partition coefficient (Wildman–Crippen LogP) is 8.35. The zero-order chi connectivity index (χ0) is 26.8. The van der Waals surface area contributed by atoms with Crippen molar-refractivity contribution in [3.05, 3.63) is 85.0 Å². The monoisotopic (exact) mass is 520 g/mol. The first kappa shape index (κ1) is 31.3. The first-order valence-corrected chi connectivity index (χ1v) is 16.6. The van der Waals surface area contributed by atoms with Gasteiger partial charge in [0.05, 0.1) is 6.10 Å². The van der Waals surface area contributed by atoms with Crippen LogP contribution in [0.5, 0.6) is 0 Å². The highest BCUT2D eigenvalue weighted by molar-refractivity contribution is 6.99. The molecule has 0 heterocycles. The Morgan fingerprint density at radius 1 is 0.757 bits per heavy atom. The lowest BCUT2D eigenvalue weighted by Crippen LogP contribution is -2.66. The number of unbranched alkanes of at least 4 members (excludes halogenated alkanes) is 8. The molecule has 0 spiro atoms. The van der Waals surface area contributed by atoms with Crippen molar-refractivity contribution in [1.29, 1.82) is 0 Å². The van der Waals surface area contributed by atoms with Gasteiger partial charge in [0.2, 0.25) is 0 Å². The van der Waals surface area contributed by atoms with Gasteiger partial charge in [0, 0.05) is 6.61 Å². The summed E-state index contributed by atoms with van der Waals surface area (Å²) < 4.78 is 6.99. The molecule has 2 rings (SSSR count). The molecule has 0 saturated carbocycles. The maximum absolute atomic E-state index is 10.2. The Hall–Kier alpha value is -1.94. The van der Waals surface area contributed by atoms with Crippen LogP contribution >= 0.6 is 0 Å². The van der Waals surface area contributed by atoms with Gasteiger partial charge in [-0.25, -0.2) is 0 Å². The quantitative estimate of drug-likeness (QED) is 0.122. The molecule has 0 radical (unpaired) electrons. The summed E-state index contributed by atoms with van der Waals surface area (Å²) in [6, 6.07) is 21.8. The van der Waals surface area contributed by atoms with Crippen LogP contribution in [0.15, 0.2) is 85.0 Å². The fraction of sp³-hybridized carbons (Fsp3) is 0.529. The summed E-state index contributed by atoms with van der Waals surface area (Å²) in [4.78, 5) is 0. The average Bonchev–Trinajstić information content (AvgIpc) is 2.89. The van der Waals surface area contributed by atoms with Gasteiger partial charge >= 0.3 is 0 Å². The molecule has 0 aliphatic heterocycles. The van der Waals surface area contributed by atoms with Crippen molar-refractivity contribution in [2.24, 2.45) is 0 Å². The number of hydrogen-bond donors (Lipinski definition) is 1. The smallest absolute Gasteiger partial charge is 0.261 e. The summed E-state index contributed by atoms with van der Waals surface area (Å²) in [5.74, 6) is 0. The highest BCUT2D eigenvalue weighted by Gasteiger charge is 2.49. The van der Waals surface area contributed by atoms with Crippen molar-refractivity contribution in [1.82, 2.24) is 0 Å². The minimum atomic E-state index is -2.40. The topological polar surface area (TPSA) is 29.5 Å². The molecule has 2 nitrogen and oxygen atoms in total. The van der Waals surface area contributed by atoms with Gasteiger partial charge in [-0.1, -0.05) is 158 Å². The van der Waals surface area contributed by atoms with E-state index in [2.05, 4.69) is 101 Å². The number of aliphatic hydroxyl groups excluding tert-OH is 1. The van der Waals surface area contributed by atoms with Crippen molar-refractivity contribution >= 4 is 18.7 Å². The van der Waals surface area contributed by atoms with Crippen LogP contribution in [0, 0.1) is 0 Å². The SMILES string of the molecule is CCCCC/C=C/C=C/[C@@H](O)CCCCCCCCO[Si](c1ccccc1)(c1ccccc1)C(C)(C)C. The molecular formula is C34H52O2Si. The maximum atomic E-state index is 10.2. The molecule has 0 fully saturated rings. The predicted molar refractivity (Wildman–Crippen MR) is 164 cm³/mol. The number of rotatable bonds is 18. The third-order valence-electron chi connectivity index (χ3n) is 7.18. The van der Waals surface area contributed by atoms with Crippen molar-refractivity contribution in [3.63, 3.8) is 0 Å². The Kier molecular flexibility index (Phi) is 14.8. The van der Waals surface area contributed by atoms with E-state index >= 15 is 0 Å². The normalized spacial score (nSPS) is 13.5. The van der Waals surface area contributed by atoms with E-state index in [1.54, 1.807) is 0 Å². The van der Waals surface area contributed by atoms with E-state index in [-0.39, 0.29) is 11.1 Å². The molecule has 204 valence electrons. The van der Waals surface area contributed by atoms with E-state index in [4.69, 9.17) is 4.43 Å². The van der Waals surface area contributed by atoms with E-state index < -0.39 is 8.32 Å². The molecular weight excluding hydrogens is 468 g/mol. The lowest BCUT2D eigenvalue weighted by Gasteiger charge is -2.43. The molecule has 2 aromatic rings. The Balaban J connectivity index is 1.73. The van der Waals surface area contributed by atoms with E-state index in [0.29, 0.717) is 0 Å². The van der Waals surface area contributed by atoms with Gasteiger partial charge in [-0.05, 0) is 41.1 Å². The summed E-state index contributed by atoms with van der Waals surface area (Å²) in [6.45, 7) is 10.1. The third-order valence-corrected chi connectivity index (χ3v) is 12.2. The Labute approximate surface area is 229 Å². The number of allylic oxidation sites excluding steroid dienone is 3. The highest BCUT2D eigenvalue weighted by Crippen LogP contribution is 2.36. The summed E-state index contributed by atoms with van der Waals surface area (Å²) >= 11 is 0. The lowest BCUT2D eigenvalue weighted by atomic mass is 10.1. The zero-order valence-corrected chi connectivity index (χ0v) is 25.0. The van der Waals surface area contributed by atoms with Crippen LogP contribution in [0.1, 0.15) is 98.3 Å².